The first-order chi connectivity index (χ1) is 10.3. The molecule has 1 N–H and O–H groups in total. The van der Waals surface area contributed by atoms with Crippen LogP contribution in [0.5, 0.6) is 5.75 Å². The predicted molar refractivity (Wildman–Crippen MR) is 85.6 cm³/mol. The van der Waals surface area contributed by atoms with Gasteiger partial charge in [0.1, 0.15) is 11.6 Å². The highest BCUT2D eigenvalue weighted by Gasteiger charge is 2.21. The summed E-state index contributed by atoms with van der Waals surface area (Å²) >= 11 is 0. The monoisotopic (exact) mass is 287 g/mol. The van der Waals surface area contributed by atoms with Gasteiger partial charge in [-0.3, -0.25) is 0 Å². The number of imidazole rings is 1. The number of aryl methyl sites for hydroxylation is 1. The number of hydrogen-bond acceptors (Lipinski definition) is 3. The molecule has 114 valence electrons. The molecule has 4 nitrogen and oxygen atoms in total. The Hall–Kier alpha value is -1.81. The number of hydrogen-bond donors (Lipinski definition) is 1. The highest BCUT2D eigenvalue weighted by Crippen LogP contribution is 2.29. The minimum Gasteiger partial charge on any atom is -0.494 e. The second kappa shape index (κ2) is 7.84. The molecule has 0 bridgehead atoms. The van der Waals surface area contributed by atoms with Crippen molar-refractivity contribution in [1.82, 2.24) is 14.9 Å². The summed E-state index contributed by atoms with van der Waals surface area (Å²) in [6.45, 7) is 8.84. The van der Waals surface area contributed by atoms with Crippen LogP contribution >= 0.6 is 0 Å². The van der Waals surface area contributed by atoms with Crippen LogP contribution < -0.4 is 10.1 Å². The van der Waals surface area contributed by atoms with Crippen LogP contribution in [-0.2, 0) is 6.54 Å². The standard InChI is InChI=1S/C17H25N3O/c1-4-11-18-16(17-19-12-13-20(17)5-2)14-9-7-8-10-15(14)21-6-3/h7-10,12-13,16,18H,4-6,11H2,1-3H3. The van der Waals surface area contributed by atoms with Crippen molar-refractivity contribution in [3.63, 3.8) is 0 Å². The molecular formula is C17H25N3O. The molecule has 2 aromatic rings. The van der Waals surface area contributed by atoms with Gasteiger partial charge in [-0.25, -0.2) is 4.98 Å². The normalized spacial score (nSPS) is 12.3. The smallest absolute Gasteiger partial charge is 0.130 e. The first-order valence-corrected chi connectivity index (χ1v) is 7.77. The van der Waals surface area contributed by atoms with E-state index >= 15 is 0 Å². The summed E-state index contributed by atoms with van der Waals surface area (Å²) in [6, 6.07) is 8.27. The Kier molecular flexibility index (Phi) is 5.81. The first-order valence-electron chi connectivity index (χ1n) is 7.77. The molecule has 1 aromatic heterocycles. The highest BCUT2D eigenvalue weighted by atomic mass is 16.5. The maximum Gasteiger partial charge on any atom is 0.130 e. The van der Waals surface area contributed by atoms with E-state index in [1.54, 1.807) is 0 Å². The molecule has 4 heteroatoms. The van der Waals surface area contributed by atoms with Gasteiger partial charge in [-0.1, -0.05) is 25.1 Å². The molecule has 0 fully saturated rings. The molecule has 1 unspecified atom stereocenters. The van der Waals surface area contributed by atoms with E-state index in [0.717, 1.165) is 36.6 Å². The Labute approximate surface area is 127 Å². The third kappa shape index (κ3) is 3.64. The van der Waals surface area contributed by atoms with Crippen molar-refractivity contribution in [3.05, 3.63) is 48.0 Å². The molecule has 0 radical (unpaired) electrons. The van der Waals surface area contributed by atoms with Crippen LogP contribution in [0.2, 0.25) is 0 Å². The molecule has 0 amide bonds. The van der Waals surface area contributed by atoms with Gasteiger partial charge in [0.2, 0.25) is 0 Å². The summed E-state index contributed by atoms with van der Waals surface area (Å²) < 4.78 is 7.97. The predicted octanol–water partition coefficient (Wildman–Crippen LogP) is 3.39. The number of rotatable bonds is 8. The Morgan fingerprint density at radius 3 is 2.76 bits per heavy atom. The fourth-order valence-electron chi connectivity index (χ4n) is 2.48. The summed E-state index contributed by atoms with van der Waals surface area (Å²) in [5, 5.41) is 3.60. The number of ether oxygens (including phenoxy) is 1. The van der Waals surface area contributed by atoms with Crippen molar-refractivity contribution in [3.8, 4) is 5.75 Å². The van der Waals surface area contributed by atoms with Crippen LogP contribution in [0.4, 0.5) is 0 Å². The quantitative estimate of drug-likeness (QED) is 0.809. The molecule has 1 aromatic carbocycles. The molecule has 0 aliphatic heterocycles. The van der Waals surface area contributed by atoms with Crippen LogP contribution in [0.25, 0.3) is 0 Å². The molecule has 0 aliphatic carbocycles. The van der Waals surface area contributed by atoms with E-state index in [1.807, 2.05) is 31.5 Å². The Morgan fingerprint density at radius 2 is 2.05 bits per heavy atom. The van der Waals surface area contributed by atoms with Gasteiger partial charge >= 0.3 is 0 Å². The van der Waals surface area contributed by atoms with Crippen molar-refractivity contribution < 1.29 is 4.74 Å². The van der Waals surface area contributed by atoms with Crippen molar-refractivity contribution in [2.75, 3.05) is 13.2 Å². The highest BCUT2D eigenvalue weighted by molar-refractivity contribution is 5.39. The van der Waals surface area contributed by atoms with E-state index in [1.165, 1.54) is 0 Å². The number of benzene rings is 1. The van der Waals surface area contributed by atoms with E-state index < -0.39 is 0 Å². The summed E-state index contributed by atoms with van der Waals surface area (Å²) in [7, 11) is 0. The Bertz CT molecular complexity index is 550. The van der Waals surface area contributed by atoms with Crippen molar-refractivity contribution in [1.29, 1.82) is 0 Å². The fourth-order valence-corrected chi connectivity index (χ4v) is 2.48. The van der Waals surface area contributed by atoms with Crippen molar-refractivity contribution >= 4 is 0 Å². The van der Waals surface area contributed by atoms with Gasteiger partial charge in [-0.2, -0.15) is 0 Å². The third-order valence-electron chi connectivity index (χ3n) is 3.47. The van der Waals surface area contributed by atoms with Crippen LogP contribution in [0.3, 0.4) is 0 Å². The number of aromatic nitrogens is 2. The van der Waals surface area contributed by atoms with Crippen LogP contribution in [0, 0.1) is 0 Å². The van der Waals surface area contributed by atoms with E-state index in [9.17, 15) is 0 Å². The van der Waals surface area contributed by atoms with Gasteiger partial charge in [-0.05, 0) is 32.9 Å². The number of nitrogens with one attached hydrogen (secondary N) is 1. The summed E-state index contributed by atoms with van der Waals surface area (Å²) in [6.07, 6.45) is 4.97. The van der Waals surface area contributed by atoms with Gasteiger partial charge in [0, 0.05) is 24.5 Å². The van der Waals surface area contributed by atoms with E-state index in [-0.39, 0.29) is 6.04 Å². The zero-order valence-corrected chi connectivity index (χ0v) is 13.2. The van der Waals surface area contributed by atoms with Crippen molar-refractivity contribution in [2.24, 2.45) is 0 Å². The van der Waals surface area contributed by atoms with Crippen molar-refractivity contribution in [2.45, 2.75) is 39.8 Å². The Morgan fingerprint density at radius 1 is 1.24 bits per heavy atom. The summed E-state index contributed by atoms with van der Waals surface area (Å²) in [5.41, 5.74) is 1.15. The van der Waals surface area contributed by atoms with E-state index in [4.69, 9.17) is 4.74 Å². The van der Waals surface area contributed by atoms with Crippen LogP contribution in [-0.4, -0.2) is 22.7 Å². The lowest BCUT2D eigenvalue weighted by Gasteiger charge is -2.22. The molecule has 2 rings (SSSR count). The molecule has 0 aliphatic rings. The molecule has 1 heterocycles. The second-order valence-corrected chi connectivity index (χ2v) is 4.93. The lowest BCUT2D eigenvalue weighted by Crippen LogP contribution is -2.26. The van der Waals surface area contributed by atoms with Crippen LogP contribution in [0.1, 0.15) is 44.6 Å². The molecule has 0 spiro atoms. The van der Waals surface area contributed by atoms with Gasteiger partial charge in [0.05, 0.1) is 12.6 Å². The summed E-state index contributed by atoms with van der Waals surface area (Å²) in [5.74, 6) is 1.97. The van der Waals surface area contributed by atoms with E-state index in [2.05, 4.69) is 40.8 Å². The SMILES string of the molecule is CCCNC(c1ccccc1OCC)c1nccn1CC. The van der Waals surface area contributed by atoms with Crippen LogP contribution in [0.15, 0.2) is 36.7 Å². The molecule has 1 atom stereocenters. The minimum absolute atomic E-state index is 0.0580. The lowest BCUT2D eigenvalue weighted by atomic mass is 10.0. The lowest BCUT2D eigenvalue weighted by molar-refractivity contribution is 0.332. The van der Waals surface area contributed by atoms with E-state index in [0.29, 0.717) is 6.61 Å². The van der Waals surface area contributed by atoms with Gasteiger partial charge in [0.15, 0.2) is 0 Å². The molecule has 0 saturated heterocycles. The average Bonchev–Trinajstić information content (AvgIpc) is 2.98. The largest absolute Gasteiger partial charge is 0.494 e. The second-order valence-electron chi connectivity index (χ2n) is 4.93. The molecule has 0 saturated carbocycles. The fraction of sp³-hybridized carbons (Fsp3) is 0.471. The Balaban J connectivity index is 2.40. The molecule has 21 heavy (non-hydrogen) atoms. The topological polar surface area (TPSA) is 39.1 Å². The minimum atomic E-state index is 0.0580. The van der Waals surface area contributed by atoms with Gasteiger partial charge in [-0.15, -0.1) is 0 Å². The molecular weight excluding hydrogens is 262 g/mol. The zero-order valence-electron chi connectivity index (χ0n) is 13.2. The third-order valence-corrected chi connectivity index (χ3v) is 3.47. The maximum atomic E-state index is 5.79. The van der Waals surface area contributed by atoms with Gasteiger partial charge < -0.3 is 14.6 Å². The summed E-state index contributed by atoms with van der Waals surface area (Å²) in [4.78, 5) is 4.56. The maximum absolute atomic E-state index is 5.79. The first kappa shape index (κ1) is 15.6. The zero-order chi connectivity index (χ0) is 15.1. The number of para-hydroxylation sites is 1. The average molecular weight is 287 g/mol. The van der Waals surface area contributed by atoms with Gasteiger partial charge in [0.25, 0.3) is 0 Å². The number of nitrogens with zero attached hydrogens (tertiary/aromatic N) is 2.